The number of rotatable bonds is 3. The number of ether oxygens (including phenoxy) is 1. The molecule has 0 aromatic carbocycles. The molecule has 3 rings (SSSR count). The molecule has 0 aliphatic heterocycles. The van der Waals surface area contributed by atoms with Crippen LogP contribution in [0, 0.1) is 10.8 Å². The Morgan fingerprint density at radius 2 is 1.92 bits per heavy atom. The van der Waals surface area contributed by atoms with Crippen molar-refractivity contribution in [3.63, 3.8) is 0 Å². The maximum Gasteiger partial charge on any atom is 0.361 e. The van der Waals surface area contributed by atoms with Crippen molar-refractivity contribution in [2.45, 2.75) is 25.4 Å². The van der Waals surface area contributed by atoms with Crippen LogP contribution in [0.1, 0.15) is 19.3 Å². The summed E-state index contributed by atoms with van der Waals surface area (Å²) in [5.41, 5.74) is -1.12. The number of methoxy groups -OCH3 is 1. The number of alkyl halides is 2. The molecule has 3 fully saturated rings. The molecular formula is C8H12F2O2. The SMILES string of the molecule is COC(F)(F)C12CC(CO)(C1)C2. The molecule has 3 aliphatic carbocycles. The lowest BCUT2D eigenvalue weighted by Gasteiger charge is -2.71. The second kappa shape index (κ2) is 1.99. The van der Waals surface area contributed by atoms with Crippen LogP contribution in [-0.2, 0) is 4.74 Å². The van der Waals surface area contributed by atoms with Gasteiger partial charge in [-0.2, -0.15) is 8.78 Å². The van der Waals surface area contributed by atoms with Gasteiger partial charge >= 0.3 is 6.11 Å². The second-order valence-corrected chi connectivity index (χ2v) is 4.19. The van der Waals surface area contributed by atoms with Crippen LogP contribution in [0.5, 0.6) is 0 Å². The Morgan fingerprint density at radius 1 is 1.42 bits per heavy atom. The van der Waals surface area contributed by atoms with Crippen LogP contribution in [0.25, 0.3) is 0 Å². The number of aliphatic hydroxyl groups is 1. The van der Waals surface area contributed by atoms with Crippen molar-refractivity contribution in [3.8, 4) is 0 Å². The van der Waals surface area contributed by atoms with Gasteiger partial charge in [0.05, 0.1) is 5.41 Å². The summed E-state index contributed by atoms with van der Waals surface area (Å²) in [4.78, 5) is 0. The van der Waals surface area contributed by atoms with Crippen molar-refractivity contribution >= 4 is 0 Å². The predicted molar refractivity (Wildman–Crippen MR) is 37.8 cm³/mol. The quantitative estimate of drug-likeness (QED) is 0.707. The van der Waals surface area contributed by atoms with E-state index in [2.05, 4.69) is 4.74 Å². The van der Waals surface area contributed by atoms with Gasteiger partial charge in [-0.15, -0.1) is 0 Å². The molecular weight excluding hydrogens is 166 g/mol. The Morgan fingerprint density at radius 3 is 2.25 bits per heavy atom. The fourth-order valence-electron chi connectivity index (χ4n) is 2.69. The average molecular weight is 178 g/mol. The van der Waals surface area contributed by atoms with E-state index in [1.54, 1.807) is 0 Å². The summed E-state index contributed by atoms with van der Waals surface area (Å²) in [5.74, 6) is 0. The summed E-state index contributed by atoms with van der Waals surface area (Å²) in [5, 5.41) is 8.85. The number of aliphatic hydroxyl groups excluding tert-OH is 1. The Bertz CT molecular complexity index is 195. The van der Waals surface area contributed by atoms with Crippen LogP contribution in [0.3, 0.4) is 0 Å². The Labute approximate surface area is 69.5 Å². The molecule has 0 aromatic rings. The van der Waals surface area contributed by atoms with Gasteiger partial charge < -0.3 is 9.84 Å². The van der Waals surface area contributed by atoms with Crippen molar-refractivity contribution in [2.75, 3.05) is 13.7 Å². The van der Waals surface area contributed by atoms with Gasteiger partial charge in [0, 0.05) is 13.7 Å². The summed E-state index contributed by atoms with van der Waals surface area (Å²) in [7, 11) is 1.03. The smallest absolute Gasteiger partial charge is 0.361 e. The largest absolute Gasteiger partial charge is 0.396 e. The first-order valence-corrected chi connectivity index (χ1v) is 4.03. The molecule has 70 valence electrons. The zero-order valence-electron chi connectivity index (χ0n) is 6.94. The van der Waals surface area contributed by atoms with Gasteiger partial charge in [-0.1, -0.05) is 0 Å². The third-order valence-corrected chi connectivity index (χ3v) is 3.35. The highest BCUT2D eigenvalue weighted by Gasteiger charge is 2.77. The fraction of sp³-hybridized carbons (Fsp3) is 1.00. The van der Waals surface area contributed by atoms with E-state index in [1.807, 2.05) is 0 Å². The summed E-state index contributed by atoms with van der Waals surface area (Å²) >= 11 is 0. The second-order valence-electron chi connectivity index (χ2n) is 4.19. The summed E-state index contributed by atoms with van der Waals surface area (Å²) in [6.07, 6.45) is -1.75. The van der Waals surface area contributed by atoms with Crippen LogP contribution in [0.2, 0.25) is 0 Å². The fourth-order valence-corrected chi connectivity index (χ4v) is 2.69. The van der Waals surface area contributed by atoms with Crippen molar-refractivity contribution in [1.29, 1.82) is 0 Å². The molecule has 0 radical (unpaired) electrons. The molecule has 2 bridgehead atoms. The first kappa shape index (κ1) is 8.38. The molecule has 0 spiro atoms. The summed E-state index contributed by atoms with van der Waals surface area (Å²) in [6, 6.07) is 0. The molecule has 0 amide bonds. The van der Waals surface area contributed by atoms with Gasteiger partial charge in [0.25, 0.3) is 0 Å². The highest BCUT2D eigenvalue weighted by molar-refractivity contribution is 5.19. The molecule has 0 saturated heterocycles. The Hall–Kier alpha value is -0.220. The first-order valence-electron chi connectivity index (χ1n) is 4.03. The van der Waals surface area contributed by atoms with Crippen LogP contribution < -0.4 is 0 Å². The number of hydrogen-bond acceptors (Lipinski definition) is 2. The molecule has 0 unspecified atom stereocenters. The minimum atomic E-state index is -3.00. The maximum absolute atomic E-state index is 13.0. The van der Waals surface area contributed by atoms with Crippen molar-refractivity contribution in [3.05, 3.63) is 0 Å². The highest BCUT2D eigenvalue weighted by atomic mass is 19.3. The topological polar surface area (TPSA) is 29.5 Å². The molecule has 0 aromatic heterocycles. The molecule has 4 heteroatoms. The van der Waals surface area contributed by atoms with Crippen LogP contribution >= 0.6 is 0 Å². The zero-order valence-corrected chi connectivity index (χ0v) is 6.94. The van der Waals surface area contributed by atoms with Gasteiger partial charge in [0.2, 0.25) is 0 Å². The third-order valence-electron chi connectivity index (χ3n) is 3.35. The van der Waals surface area contributed by atoms with Gasteiger partial charge in [0.1, 0.15) is 0 Å². The number of halogens is 2. The van der Waals surface area contributed by atoms with Gasteiger partial charge in [-0.05, 0) is 24.7 Å². The Kier molecular flexibility index (Phi) is 1.39. The van der Waals surface area contributed by atoms with E-state index < -0.39 is 11.5 Å². The molecule has 12 heavy (non-hydrogen) atoms. The minimum absolute atomic E-state index is 0.0363. The lowest BCUT2D eigenvalue weighted by atomic mass is 9.35. The highest BCUT2D eigenvalue weighted by Crippen LogP contribution is 2.77. The van der Waals surface area contributed by atoms with Crippen LogP contribution in [0.4, 0.5) is 8.78 Å². The predicted octanol–water partition coefficient (Wildman–Crippen LogP) is 1.39. The average Bonchev–Trinajstić information content (AvgIpc) is 1.82. The summed E-state index contributed by atoms with van der Waals surface area (Å²) < 4.78 is 30.2. The van der Waals surface area contributed by atoms with E-state index >= 15 is 0 Å². The third kappa shape index (κ3) is 0.702. The van der Waals surface area contributed by atoms with E-state index in [0.717, 1.165) is 7.11 Å². The molecule has 3 saturated carbocycles. The standard InChI is InChI=1S/C8H12F2O2/c1-12-8(9,10)7-2-6(3-7,4-7)5-11/h11H,2-5H2,1H3. The maximum atomic E-state index is 13.0. The first-order chi connectivity index (χ1) is 5.49. The normalized spacial score (nSPS) is 45.0. The van der Waals surface area contributed by atoms with E-state index in [1.165, 1.54) is 0 Å². The molecule has 1 N–H and O–H groups in total. The molecule has 3 aliphatic rings. The molecule has 0 atom stereocenters. The van der Waals surface area contributed by atoms with Crippen LogP contribution in [0.15, 0.2) is 0 Å². The monoisotopic (exact) mass is 178 g/mol. The van der Waals surface area contributed by atoms with E-state index in [0.29, 0.717) is 19.3 Å². The van der Waals surface area contributed by atoms with Gasteiger partial charge in [-0.3, -0.25) is 0 Å². The van der Waals surface area contributed by atoms with E-state index in [-0.39, 0.29) is 12.0 Å². The van der Waals surface area contributed by atoms with E-state index in [9.17, 15) is 8.78 Å². The van der Waals surface area contributed by atoms with E-state index in [4.69, 9.17) is 5.11 Å². The zero-order chi connectivity index (χ0) is 9.04. The van der Waals surface area contributed by atoms with Crippen molar-refractivity contribution < 1.29 is 18.6 Å². The minimum Gasteiger partial charge on any atom is -0.396 e. The molecule has 2 nitrogen and oxygen atoms in total. The summed E-state index contributed by atoms with van der Waals surface area (Å²) in [6.45, 7) is 0.0363. The van der Waals surface area contributed by atoms with Crippen LogP contribution in [-0.4, -0.2) is 24.9 Å². The van der Waals surface area contributed by atoms with Crippen molar-refractivity contribution in [1.82, 2.24) is 0 Å². The lowest BCUT2D eigenvalue weighted by molar-refractivity contribution is -0.404. The Balaban J connectivity index is 2.03. The number of hydrogen-bond donors (Lipinski definition) is 1. The lowest BCUT2D eigenvalue weighted by Crippen LogP contribution is -2.70. The van der Waals surface area contributed by atoms with Crippen molar-refractivity contribution in [2.24, 2.45) is 10.8 Å². The van der Waals surface area contributed by atoms with Gasteiger partial charge in [-0.25, -0.2) is 0 Å². The molecule has 0 heterocycles. The van der Waals surface area contributed by atoms with Gasteiger partial charge in [0.15, 0.2) is 0 Å².